The number of hydrogen-bond acceptors (Lipinski definition) is 3. The lowest BCUT2D eigenvalue weighted by Gasteiger charge is -2.12. The van der Waals surface area contributed by atoms with E-state index in [9.17, 15) is 8.78 Å². The molecule has 0 saturated heterocycles. The zero-order chi connectivity index (χ0) is 14.9. The number of hydrogen-bond donors (Lipinski definition) is 2. The summed E-state index contributed by atoms with van der Waals surface area (Å²) in [6.45, 7) is 0. The molecular weight excluding hydrogens is 331 g/mol. The molecule has 0 unspecified atom stereocenters. The van der Waals surface area contributed by atoms with Crippen molar-refractivity contribution in [1.29, 1.82) is 0 Å². The van der Waals surface area contributed by atoms with Crippen LogP contribution in [0.15, 0.2) is 18.2 Å². The second-order valence-corrected chi connectivity index (χ2v) is 4.99. The lowest BCUT2D eigenvalue weighted by Crippen LogP contribution is -2.02. The second-order valence-electron chi connectivity index (χ2n) is 3.77. The van der Waals surface area contributed by atoms with Crippen molar-refractivity contribution in [3.8, 4) is 0 Å². The number of rotatable bonds is 3. The van der Waals surface area contributed by atoms with Crippen LogP contribution in [-0.4, -0.2) is 12.0 Å². The topological polar surface area (TPSA) is 37.0 Å². The fourth-order valence-corrected chi connectivity index (χ4v) is 2.25. The number of nitrogens with one attached hydrogen (secondary N) is 2. The van der Waals surface area contributed by atoms with E-state index in [4.69, 9.17) is 34.8 Å². The molecule has 1 heterocycles. The van der Waals surface area contributed by atoms with Gasteiger partial charge >= 0.3 is 0 Å². The van der Waals surface area contributed by atoms with Crippen LogP contribution in [0.1, 0.15) is 0 Å². The van der Waals surface area contributed by atoms with Gasteiger partial charge in [-0.3, -0.25) is 0 Å². The van der Waals surface area contributed by atoms with Gasteiger partial charge in [0.05, 0.1) is 20.8 Å². The molecule has 0 radical (unpaired) electrons. The molecule has 8 heteroatoms. The summed E-state index contributed by atoms with van der Waals surface area (Å²) in [6.07, 6.45) is 0. The largest absolute Gasteiger partial charge is 0.372 e. The maximum Gasteiger partial charge on any atom is 0.151 e. The van der Waals surface area contributed by atoms with Crippen LogP contribution in [0.5, 0.6) is 0 Å². The molecule has 2 aromatic rings. The van der Waals surface area contributed by atoms with E-state index in [0.717, 1.165) is 6.07 Å². The van der Waals surface area contributed by atoms with Crippen LogP contribution in [0.2, 0.25) is 15.1 Å². The van der Waals surface area contributed by atoms with Gasteiger partial charge in [0, 0.05) is 13.1 Å². The van der Waals surface area contributed by atoms with E-state index in [2.05, 4.69) is 15.6 Å². The Kier molecular flexibility index (Phi) is 4.52. The molecule has 1 aromatic carbocycles. The maximum atomic E-state index is 13.7. The Balaban J connectivity index is 2.45. The second kappa shape index (κ2) is 5.99. The normalized spacial score (nSPS) is 10.5. The van der Waals surface area contributed by atoms with Crippen LogP contribution in [0.3, 0.4) is 0 Å². The molecule has 3 nitrogen and oxygen atoms in total. The van der Waals surface area contributed by atoms with Gasteiger partial charge in [0.25, 0.3) is 0 Å². The van der Waals surface area contributed by atoms with Crippen molar-refractivity contribution in [3.05, 3.63) is 44.9 Å². The smallest absolute Gasteiger partial charge is 0.151 e. The highest BCUT2D eigenvalue weighted by molar-refractivity contribution is 6.37. The molecule has 2 rings (SSSR count). The number of pyridine rings is 1. The third-order valence-electron chi connectivity index (χ3n) is 2.42. The Morgan fingerprint density at radius 3 is 2.20 bits per heavy atom. The predicted molar refractivity (Wildman–Crippen MR) is 78.5 cm³/mol. The molecule has 0 amide bonds. The highest BCUT2D eigenvalue weighted by Gasteiger charge is 2.14. The zero-order valence-corrected chi connectivity index (χ0v) is 12.3. The fourth-order valence-electron chi connectivity index (χ4n) is 1.51. The summed E-state index contributed by atoms with van der Waals surface area (Å²) in [5.74, 6) is -1.12. The van der Waals surface area contributed by atoms with Crippen LogP contribution < -0.4 is 10.6 Å². The monoisotopic (exact) mass is 337 g/mol. The zero-order valence-electron chi connectivity index (χ0n) is 10.1. The summed E-state index contributed by atoms with van der Waals surface area (Å²) in [4.78, 5) is 4.09. The lowest BCUT2D eigenvalue weighted by molar-refractivity contribution is 0.586. The molecule has 0 saturated carbocycles. The van der Waals surface area contributed by atoms with Gasteiger partial charge in [-0.25, -0.2) is 13.8 Å². The first-order chi connectivity index (χ1) is 9.42. The van der Waals surface area contributed by atoms with Crippen molar-refractivity contribution in [2.24, 2.45) is 0 Å². The third-order valence-corrected chi connectivity index (χ3v) is 3.29. The van der Waals surface area contributed by atoms with Gasteiger partial charge in [-0.1, -0.05) is 34.8 Å². The summed E-state index contributed by atoms with van der Waals surface area (Å²) in [5.41, 5.74) is -0.119. The molecule has 106 valence electrons. The Hall–Kier alpha value is -1.30. The first-order valence-electron chi connectivity index (χ1n) is 5.37. The first kappa shape index (κ1) is 15.1. The van der Waals surface area contributed by atoms with Crippen molar-refractivity contribution >= 4 is 52.1 Å². The van der Waals surface area contributed by atoms with Crippen LogP contribution >= 0.6 is 34.8 Å². The van der Waals surface area contributed by atoms with E-state index in [1.165, 1.54) is 6.07 Å². The standard InChI is InChI=1S/C12H8Cl3F2N3/c1-18-11-7(14)4-8(15)12(20-11)19-10-6(13)2-5(16)3-9(10)17/h2-4H,1H3,(H2,18,19,20). The Morgan fingerprint density at radius 1 is 0.950 bits per heavy atom. The number of benzene rings is 1. The quantitative estimate of drug-likeness (QED) is 0.817. The van der Waals surface area contributed by atoms with Gasteiger partial charge in [0.15, 0.2) is 11.6 Å². The molecule has 1 aromatic heterocycles. The van der Waals surface area contributed by atoms with Crippen molar-refractivity contribution in [2.75, 3.05) is 17.7 Å². The highest BCUT2D eigenvalue weighted by atomic mass is 35.5. The molecule has 20 heavy (non-hydrogen) atoms. The van der Waals surface area contributed by atoms with Crippen LogP contribution in [0.4, 0.5) is 26.1 Å². The Morgan fingerprint density at radius 2 is 1.60 bits per heavy atom. The summed E-state index contributed by atoms with van der Waals surface area (Å²) >= 11 is 17.7. The number of aromatic nitrogens is 1. The molecule has 0 aliphatic heterocycles. The van der Waals surface area contributed by atoms with E-state index in [-0.39, 0.29) is 21.6 Å². The Bertz CT molecular complexity index is 642. The number of anilines is 3. The van der Waals surface area contributed by atoms with Crippen LogP contribution in [0, 0.1) is 11.6 Å². The summed E-state index contributed by atoms with van der Waals surface area (Å²) in [7, 11) is 1.62. The molecule has 0 aliphatic carbocycles. The van der Waals surface area contributed by atoms with Crippen molar-refractivity contribution in [2.45, 2.75) is 0 Å². The molecule has 0 atom stereocenters. The molecule has 0 bridgehead atoms. The van der Waals surface area contributed by atoms with Gasteiger partial charge in [-0.05, 0) is 12.1 Å². The Labute approximate surface area is 128 Å². The number of halogens is 5. The predicted octanol–water partition coefficient (Wildman–Crippen LogP) is 5.11. The average Bonchev–Trinajstić information content (AvgIpc) is 2.35. The lowest BCUT2D eigenvalue weighted by atomic mass is 10.3. The SMILES string of the molecule is CNc1nc(Nc2c(F)cc(F)cc2Cl)c(Cl)cc1Cl. The van der Waals surface area contributed by atoms with Crippen molar-refractivity contribution in [3.63, 3.8) is 0 Å². The van der Waals surface area contributed by atoms with Gasteiger partial charge < -0.3 is 10.6 Å². The molecule has 0 spiro atoms. The maximum absolute atomic E-state index is 13.7. The summed E-state index contributed by atoms with van der Waals surface area (Å²) < 4.78 is 26.7. The summed E-state index contributed by atoms with van der Waals surface area (Å²) in [5, 5.41) is 5.75. The van der Waals surface area contributed by atoms with E-state index in [0.29, 0.717) is 16.9 Å². The molecule has 0 fully saturated rings. The minimum absolute atomic E-state index is 0.119. The van der Waals surface area contributed by atoms with Crippen molar-refractivity contribution < 1.29 is 8.78 Å². The number of nitrogens with zero attached hydrogens (tertiary/aromatic N) is 1. The van der Waals surface area contributed by atoms with Crippen molar-refractivity contribution in [1.82, 2.24) is 4.98 Å². The van der Waals surface area contributed by atoms with E-state index in [1.54, 1.807) is 7.05 Å². The first-order valence-corrected chi connectivity index (χ1v) is 6.51. The minimum atomic E-state index is -0.853. The van der Waals surface area contributed by atoms with Crippen LogP contribution in [-0.2, 0) is 0 Å². The van der Waals surface area contributed by atoms with E-state index in [1.807, 2.05) is 0 Å². The fraction of sp³-hybridized carbons (Fsp3) is 0.0833. The molecular formula is C12H8Cl3F2N3. The van der Waals surface area contributed by atoms with Crippen LogP contribution in [0.25, 0.3) is 0 Å². The average molecular weight is 339 g/mol. The highest BCUT2D eigenvalue weighted by Crippen LogP contribution is 2.34. The van der Waals surface area contributed by atoms with E-state index >= 15 is 0 Å². The van der Waals surface area contributed by atoms with Gasteiger partial charge in [0.2, 0.25) is 0 Å². The molecule has 0 aliphatic rings. The van der Waals surface area contributed by atoms with Gasteiger partial charge in [-0.15, -0.1) is 0 Å². The van der Waals surface area contributed by atoms with Gasteiger partial charge in [-0.2, -0.15) is 0 Å². The van der Waals surface area contributed by atoms with Gasteiger partial charge in [0.1, 0.15) is 11.6 Å². The molecule has 2 N–H and O–H groups in total. The minimum Gasteiger partial charge on any atom is -0.372 e. The third kappa shape index (κ3) is 3.06. The summed E-state index contributed by atoms with van der Waals surface area (Å²) in [6, 6.07) is 3.13. The van der Waals surface area contributed by atoms with E-state index < -0.39 is 11.6 Å².